The summed E-state index contributed by atoms with van der Waals surface area (Å²) in [4.78, 5) is 7.25. The highest BCUT2D eigenvalue weighted by molar-refractivity contribution is 6.32. The van der Waals surface area contributed by atoms with Crippen LogP contribution < -0.4 is 10.6 Å². The van der Waals surface area contributed by atoms with E-state index in [1.165, 1.54) is 0 Å². The fourth-order valence-corrected chi connectivity index (χ4v) is 6.43. The second-order valence-corrected chi connectivity index (χ2v) is 13.3. The molecule has 10 heteroatoms. The smallest absolute Gasteiger partial charge is 0.109 e. The molecule has 2 N–H and O–H groups in total. The third kappa shape index (κ3) is 6.76. The molecule has 1 aliphatic heterocycles. The molecule has 6 rings (SSSR count). The van der Waals surface area contributed by atoms with E-state index in [1.54, 1.807) is 6.20 Å². The van der Waals surface area contributed by atoms with Crippen LogP contribution in [0.1, 0.15) is 68.1 Å². The number of anilines is 2. The van der Waals surface area contributed by atoms with E-state index in [2.05, 4.69) is 71.0 Å². The summed E-state index contributed by atoms with van der Waals surface area (Å²) >= 11 is 13.1. The molecule has 1 fully saturated rings. The molecule has 8 nitrogen and oxygen atoms in total. The first-order valence-corrected chi connectivity index (χ1v) is 15.9. The van der Waals surface area contributed by atoms with E-state index >= 15 is 0 Å². The summed E-state index contributed by atoms with van der Waals surface area (Å²) in [6, 6.07) is 23.8. The molecule has 5 aromatic rings. The van der Waals surface area contributed by atoms with Crippen LogP contribution in [0.5, 0.6) is 0 Å². The maximum atomic E-state index is 9.95. The predicted molar refractivity (Wildman–Crippen MR) is 182 cm³/mol. The molecule has 230 valence electrons. The SMILES string of the molecule is CC(C)(C)N1CCC(n2cc([C@@H](Nc3cc(Cl)cc4c(NCc5ccccc5Cl)c(C#N)cnc34)c3ccccc3)nn2)CC1. The van der Waals surface area contributed by atoms with Gasteiger partial charge in [0, 0.05) is 46.8 Å². The highest BCUT2D eigenvalue weighted by Crippen LogP contribution is 2.37. The van der Waals surface area contributed by atoms with Crippen molar-refractivity contribution in [2.24, 2.45) is 0 Å². The lowest BCUT2D eigenvalue weighted by Crippen LogP contribution is -2.46. The molecule has 0 spiro atoms. The maximum absolute atomic E-state index is 9.95. The number of hydrogen-bond acceptors (Lipinski definition) is 7. The Balaban J connectivity index is 1.34. The first-order valence-electron chi connectivity index (χ1n) is 15.2. The number of nitrogens with one attached hydrogen (secondary N) is 2. The standard InChI is InChI=1S/C35H36Cl2N8/c1-35(2,3)44-15-13-27(14-16-44)45-22-31(42-43-45)33(23-9-5-4-6-10-23)41-30-18-26(36)17-28-32(25(19-38)21-40-34(28)30)39-20-24-11-7-8-12-29(24)37/h4-12,17-18,21-22,27,33,41H,13-16,20H2,1-3H3,(H,39,40)/t33-/m0/s1. The molecular weight excluding hydrogens is 603 g/mol. The van der Waals surface area contributed by atoms with E-state index < -0.39 is 0 Å². The van der Waals surface area contributed by atoms with E-state index in [9.17, 15) is 5.26 Å². The number of nitrogens with zero attached hydrogens (tertiary/aromatic N) is 6. The number of piperidine rings is 1. The van der Waals surface area contributed by atoms with Crippen LogP contribution in [0.4, 0.5) is 11.4 Å². The average molecular weight is 640 g/mol. The third-order valence-corrected chi connectivity index (χ3v) is 9.10. The van der Waals surface area contributed by atoms with Gasteiger partial charge in [0.1, 0.15) is 11.8 Å². The van der Waals surface area contributed by atoms with Crippen molar-refractivity contribution in [3.8, 4) is 6.07 Å². The first-order chi connectivity index (χ1) is 21.7. The van der Waals surface area contributed by atoms with Crippen LogP contribution in [0.3, 0.4) is 0 Å². The van der Waals surface area contributed by atoms with Crippen molar-refractivity contribution in [2.75, 3.05) is 23.7 Å². The molecular formula is C35H36Cl2N8. The summed E-state index contributed by atoms with van der Waals surface area (Å²) in [6.07, 6.45) is 5.70. The van der Waals surface area contributed by atoms with Gasteiger partial charge in [-0.1, -0.05) is 76.9 Å². The van der Waals surface area contributed by atoms with Crippen molar-refractivity contribution in [1.29, 1.82) is 5.26 Å². The minimum absolute atomic E-state index is 0.159. The monoisotopic (exact) mass is 638 g/mol. The summed E-state index contributed by atoms with van der Waals surface area (Å²) in [6.45, 7) is 9.30. The normalized spacial score (nSPS) is 15.1. The van der Waals surface area contributed by atoms with E-state index in [1.807, 2.05) is 59.3 Å². The first kappa shape index (κ1) is 30.8. The van der Waals surface area contributed by atoms with Crippen LogP contribution in [0, 0.1) is 11.3 Å². The summed E-state index contributed by atoms with van der Waals surface area (Å²) in [5, 5.41) is 28.2. The summed E-state index contributed by atoms with van der Waals surface area (Å²) in [5.74, 6) is 0. The van der Waals surface area contributed by atoms with Crippen LogP contribution in [0.15, 0.2) is 79.1 Å². The predicted octanol–water partition coefficient (Wildman–Crippen LogP) is 8.25. The zero-order valence-corrected chi connectivity index (χ0v) is 27.1. The van der Waals surface area contributed by atoms with Gasteiger partial charge in [-0.25, -0.2) is 4.68 Å². The molecule has 0 bridgehead atoms. The highest BCUT2D eigenvalue weighted by atomic mass is 35.5. The lowest BCUT2D eigenvalue weighted by molar-refractivity contribution is 0.0866. The zero-order chi connectivity index (χ0) is 31.6. The number of hydrogen-bond donors (Lipinski definition) is 2. The van der Waals surface area contributed by atoms with Crippen LogP contribution >= 0.6 is 23.2 Å². The van der Waals surface area contributed by atoms with Crippen molar-refractivity contribution in [1.82, 2.24) is 24.9 Å². The van der Waals surface area contributed by atoms with E-state index in [0.29, 0.717) is 39.4 Å². The molecule has 45 heavy (non-hydrogen) atoms. The molecule has 1 atom stereocenters. The largest absolute Gasteiger partial charge is 0.379 e. The Kier molecular flexibility index (Phi) is 8.95. The van der Waals surface area contributed by atoms with Crippen molar-refractivity contribution in [2.45, 2.75) is 57.8 Å². The van der Waals surface area contributed by atoms with Gasteiger partial charge in [0.25, 0.3) is 0 Å². The van der Waals surface area contributed by atoms with E-state index in [0.717, 1.165) is 53.8 Å². The number of halogens is 2. The lowest BCUT2D eigenvalue weighted by atomic mass is 9.98. The van der Waals surface area contributed by atoms with Gasteiger partial charge in [-0.05, 0) is 62.9 Å². The molecule has 0 amide bonds. The van der Waals surface area contributed by atoms with Crippen LogP contribution in [-0.2, 0) is 6.54 Å². The molecule has 0 radical (unpaired) electrons. The molecule has 3 aromatic carbocycles. The number of aromatic nitrogens is 4. The Hall–Kier alpha value is -4.16. The number of rotatable bonds is 8. The van der Waals surface area contributed by atoms with E-state index in [4.69, 9.17) is 28.2 Å². The zero-order valence-electron chi connectivity index (χ0n) is 25.6. The third-order valence-electron chi connectivity index (χ3n) is 8.51. The second kappa shape index (κ2) is 13.1. The van der Waals surface area contributed by atoms with Gasteiger partial charge < -0.3 is 10.6 Å². The molecule has 1 saturated heterocycles. The molecule has 3 heterocycles. The highest BCUT2D eigenvalue weighted by Gasteiger charge is 2.29. The van der Waals surface area contributed by atoms with Gasteiger partial charge in [0.15, 0.2) is 0 Å². The second-order valence-electron chi connectivity index (χ2n) is 12.5. The number of fused-ring (bicyclic) bond motifs is 1. The minimum Gasteiger partial charge on any atom is -0.379 e. The summed E-state index contributed by atoms with van der Waals surface area (Å²) in [7, 11) is 0. The number of likely N-dealkylation sites (tertiary alicyclic amines) is 1. The number of pyridine rings is 1. The Morgan fingerprint density at radius 3 is 2.47 bits per heavy atom. The number of nitriles is 1. The van der Waals surface area contributed by atoms with Crippen molar-refractivity contribution < 1.29 is 0 Å². The van der Waals surface area contributed by atoms with Crippen LogP contribution in [0.25, 0.3) is 10.9 Å². The average Bonchev–Trinajstić information content (AvgIpc) is 3.53. The van der Waals surface area contributed by atoms with Gasteiger partial charge in [-0.2, -0.15) is 5.26 Å². The van der Waals surface area contributed by atoms with Crippen LogP contribution in [-0.4, -0.2) is 43.5 Å². The minimum atomic E-state index is -0.312. The van der Waals surface area contributed by atoms with Crippen molar-refractivity contribution in [3.63, 3.8) is 0 Å². The molecule has 0 aliphatic carbocycles. The van der Waals surface area contributed by atoms with E-state index in [-0.39, 0.29) is 11.6 Å². The Bertz CT molecular complexity index is 1830. The lowest BCUT2D eigenvalue weighted by Gasteiger charge is -2.40. The van der Waals surface area contributed by atoms with Crippen LogP contribution in [0.2, 0.25) is 10.0 Å². The van der Waals surface area contributed by atoms with Gasteiger partial charge >= 0.3 is 0 Å². The van der Waals surface area contributed by atoms with Gasteiger partial charge in [0.2, 0.25) is 0 Å². The molecule has 2 aromatic heterocycles. The number of benzene rings is 3. The Morgan fingerprint density at radius 2 is 1.76 bits per heavy atom. The Labute approximate surface area is 274 Å². The Morgan fingerprint density at radius 1 is 1.02 bits per heavy atom. The fraction of sp³-hybridized carbons (Fsp3) is 0.314. The van der Waals surface area contributed by atoms with Gasteiger partial charge in [-0.3, -0.25) is 9.88 Å². The van der Waals surface area contributed by atoms with Gasteiger partial charge in [0.05, 0.1) is 40.7 Å². The quantitative estimate of drug-likeness (QED) is 0.177. The molecule has 0 saturated carbocycles. The topological polar surface area (TPSA) is 94.7 Å². The molecule has 0 unspecified atom stereocenters. The van der Waals surface area contributed by atoms with Crippen molar-refractivity contribution in [3.05, 3.63) is 112 Å². The fourth-order valence-electron chi connectivity index (χ4n) is 6.01. The summed E-state index contributed by atoms with van der Waals surface area (Å²) < 4.78 is 2.03. The van der Waals surface area contributed by atoms with Gasteiger partial charge in [-0.15, -0.1) is 5.10 Å². The molecule has 1 aliphatic rings. The van der Waals surface area contributed by atoms with Crippen molar-refractivity contribution >= 4 is 45.5 Å². The maximum Gasteiger partial charge on any atom is 0.109 e. The summed E-state index contributed by atoms with van der Waals surface area (Å²) in [5.41, 5.74) is 5.40.